The molecule has 0 aliphatic carbocycles. The Kier molecular flexibility index (Phi) is 3.40. The third-order valence-electron chi connectivity index (χ3n) is 2.85. The highest BCUT2D eigenvalue weighted by molar-refractivity contribution is 7.93. The van der Waals surface area contributed by atoms with Crippen molar-refractivity contribution < 1.29 is 17.9 Å². The summed E-state index contributed by atoms with van der Waals surface area (Å²) < 4.78 is 27.4. The van der Waals surface area contributed by atoms with Gasteiger partial charge in [-0.1, -0.05) is 0 Å². The van der Waals surface area contributed by atoms with Crippen LogP contribution in [0, 0.1) is 5.92 Å². The molecule has 2 N–H and O–H groups in total. The second kappa shape index (κ2) is 4.09. The van der Waals surface area contributed by atoms with Crippen molar-refractivity contribution in [1.29, 1.82) is 0 Å². The number of carbonyl (C=O) groups is 1. The number of rotatable bonds is 4. The summed E-state index contributed by atoms with van der Waals surface area (Å²) in [6.07, 6.45) is 0.730. The average Bonchev–Trinajstić information content (AvgIpc) is 2.55. The van der Waals surface area contributed by atoms with Gasteiger partial charge < -0.3 is 10.5 Å². The Hall–Kier alpha value is -0.620. The second-order valence-electron chi connectivity index (χ2n) is 4.39. The van der Waals surface area contributed by atoms with E-state index in [-0.39, 0.29) is 11.7 Å². The molecule has 0 aromatic carbocycles. The maximum absolute atomic E-state index is 11.9. The normalized spacial score (nSPS) is 22.9. The van der Waals surface area contributed by atoms with Gasteiger partial charge in [0.15, 0.2) is 9.84 Å². The highest BCUT2D eigenvalue weighted by Gasteiger charge is 2.41. The molecule has 1 rings (SSSR count). The van der Waals surface area contributed by atoms with Crippen LogP contribution in [-0.4, -0.2) is 38.0 Å². The fourth-order valence-electron chi connectivity index (χ4n) is 1.39. The van der Waals surface area contributed by atoms with E-state index in [9.17, 15) is 13.2 Å². The summed E-state index contributed by atoms with van der Waals surface area (Å²) in [4.78, 5) is 11.1. The van der Waals surface area contributed by atoms with E-state index in [0.29, 0.717) is 13.2 Å². The average molecular weight is 235 g/mol. The monoisotopic (exact) mass is 235 g/mol. The Bertz CT molecular complexity index is 341. The molecule has 0 bridgehead atoms. The van der Waals surface area contributed by atoms with E-state index in [4.69, 9.17) is 10.5 Å². The van der Waals surface area contributed by atoms with Crippen molar-refractivity contribution in [3.05, 3.63) is 0 Å². The Morgan fingerprint density at radius 1 is 1.53 bits per heavy atom. The summed E-state index contributed by atoms with van der Waals surface area (Å²) in [5, 5.41) is 0. The van der Waals surface area contributed by atoms with Crippen molar-refractivity contribution in [2.75, 3.05) is 19.0 Å². The van der Waals surface area contributed by atoms with Gasteiger partial charge in [0, 0.05) is 6.61 Å². The lowest BCUT2D eigenvalue weighted by molar-refractivity contribution is -0.119. The molecule has 1 aliphatic heterocycles. The largest absolute Gasteiger partial charge is 0.381 e. The van der Waals surface area contributed by atoms with Gasteiger partial charge >= 0.3 is 0 Å². The third kappa shape index (κ3) is 2.49. The molecule has 88 valence electrons. The molecule has 15 heavy (non-hydrogen) atoms. The Labute approximate surface area is 89.9 Å². The predicted octanol–water partition coefficient (Wildman–Crippen LogP) is -0.298. The van der Waals surface area contributed by atoms with Crippen LogP contribution >= 0.6 is 0 Å². The highest BCUT2D eigenvalue weighted by atomic mass is 32.2. The molecule has 5 nitrogen and oxygen atoms in total. The first-order chi connectivity index (χ1) is 6.77. The first-order valence-corrected chi connectivity index (χ1v) is 6.52. The van der Waals surface area contributed by atoms with Crippen LogP contribution in [0.3, 0.4) is 0 Å². The maximum atomic E-state index is 11.9. The molecule has 0 spiro atoms. The fraction of sp³-hybridized carbons (Fsp3) is 0.889. The molecule has 1 fully saturated rings. The van der Waals surface area contributed by atoms with E-state index < -0.39 is 20.5 Å². The molecule has 0 saturated carbocycles. The molecule has 1 heterocycles. The Morgan fingerprint density at radius 2 is 2.13 bits per heavy atom. The van der Waals surface area contributed by atoms with Crippen molar-refractivity contribution in [2.45, 2.75) is 25.0 Å². The van der Waals surface area contributed by atoms with Crippen LogP contribution in [0.4, 0.5) is 0 Å². The molecule has 0 radical (unpaired) electrons. The molecule has 0 aromatic rings. The maximum Gasteiger partial charge on any atom is 0.238 e. The summed E-state index contributed by atoms with van der Waals surface area (Å²) >= 11 is 0. The van der Waals surface area contributed by atoms with Crippen LogP contribution in [0.1, 0.15) is 20.3 Å². The van der Waals surface area contributed by atoms with E-state index >= 15 is 0 Å². The molecular weight excluding hydrogens is 218 g/mol. The van der Waals surface area contributed by atoms with E-state index in [1.54, 1.807) is 0 Å². The summed E-state index contributed by atoms with van der Waals surface area (Å²) in [6, 6.07) is 0. The number of hydrogen-bond acceptors (Lipinski definition) is 4. The molecule has 1 aliphatic rings. The van der Waals surface area contributed by atoms with Crippen molar-refractivity contribution in [3.63, 3.8) is 0 Å². The summed E-state index contributed by atoms with van der Waals surface area (Å²) in [6.45, 7) is 3.74. The number of carbonyl (C=O) groups excluding carboxylic acids is 1. The highest BCUT2D eigenvalue weighted by Crippen LogP contribution is 2.23. The van der Waals surface area contributed by atoms with Crippen LogP contribution in [0.15, 0.2) is 0 Å². The summed E-state index contributed by atoms with van der Waals surface area (Å²) in [5.74, 6) is -0.835. The van der Waals surface area contributed by atoms with Crippen LogP contribution in [0.2, 0.25) is 0 Å². The van der Waals surface area contributed by atoms with Crippen molar-refractivity contribution in [3.8, 4) is 0 Å². The predicted molar refractivity (Wildman–Crippen MR) is 56.0 cm³/mol. The minimum Gasteiger partial charge on any atom is -0.381 e. The molecular formula is C9H17NO4S. The van der Waals surface area contributed by atoms with Crippen LogP contribution in [0.5, 0.6) is 0 Å². The molecule has 0 aromatic heterocycles. The minimum absolute atomic E-state index is 0.00590. The molecule has 6 heteroatoms. The molecule has 1 amide bonds. The first kappa shape index (κ1) is 12.4. The number of hydrogen-bond donors (Lipinski definition) is 1. The van der Waals surface area contributed by atoms with Crippen LogP contribution in [-0.2, 0) is 19.4 Å². The second-order valence-corrected chi connectivity index (χ2v) is 6.97. The number of amides is 1. The standard InChI is InChI=1S/C9H17NO4S/c1-9(2,8(10)11)15(12,13)6-7-3-4-14-5-7/h7H,3-6H2,1-2H3,(H2,10,11)/t7-/m1/s1. The van der Waals surface area contributed by atoms with Gasteiger partial charge in [-0.05, 0) is 26.2 Å². The van der Waals surface area contributed by atoms with Gasteiger partial charge in [0.25, 0.3) is 0 Å². The number of ether oxygens (including phenoxy) is 1. The van der Waals surface area contributed by atoms with Gasteiger partial charge in [-0.15, -0.1) is 0 Å². The fourth-order valence-corrected chi connectivity index (χ4v) is 2.99. The Balaban J connectivity index is 2.78. The molecule has 0 unspecified atom stereocenters. The van der Waals surface area contributed by atoms with Crippen LogP contribution < -0.4 is 5.73 Å². The zero-order chi connectivity index (χ0) is 11.7. The zero-order valence-corrected chi connectivity index (χ0v) is 9.84. The number of nitrogens with two attached hydrogens (primary N) is 1. The lowest BCUT2D eigenvalue weighted by Crippen LogP contribution is -2.47. The van der Waals surface area contributed by atoms with E-state index in [0.717, 1.165) is 6.42 Å². The number of sulfone groups is 1. The van der Waals surface area contributed by atoms with Gasteiger partial charge in [0.2, 0.25) is 5.91 Å². The van der Waals surface area contributed by atoms with Crippen molar-refractivity contribution in [2.24, 2.45) is 11.7 Å². The van der Waals surface area contributed by atoms with Gasteiger partial charge in [0.05, 0.1) is 12.4 Å². The van der Waals surface area contributed by atoms with E-state index in [1.807, 2.05) is 0 Å². The topological polar surface area (TPSA) is 86.5 Å². The summed E-state index contributed by atoms with van der Waals surface area (Å²) in [5.41, 5.74) is 5.08. The minimum atomic E-state index is -3.50. The molecule has 1 saturated heterocycles. The van der Waals surface area contributed by atoms with Gasteiger partial charge in [-0.25, -0.2) is 8.42 Å². The van der Waals surface area contributed by atoms with Gasteiger partial charge in [0.1, 0.15) is 4.75 Å². The van der Waals surface area contributed by atoms with E-state index in [1.165, 1.54) is 13.8 Å². The Morgan fingerprint density at radius 3 is 2.53 bits per heavy atom. The van der Waals surface area contributed by atoms with Crippen molar-refractivity contribution >= 4 is 15.7 Å². The summed E-state index contributed by atoms with van der Waals surface area (Å²) in [7, 11) is -3.50. The van der Waals surface area contributed by atoms with Gasteiger partial charge in [-0.3, -0.25) is 4.79 Å². The lowest BCUT2D eigenvalue weighted by Gasteiger charge is -2.22. The molecule has 1 atom stereocenters. The third-order valence-corrected chi connectivity index (χ3v) is 5.52. The zero-order valence-electron chi connectivity index (χ0n) is 9.02. The lowest BCUT2D eigenvalue weighted by atomic mass is 10.2. The van der Waals surface area contributed by atoms with E-state index in [2.05, 4.69) is 0 Å². The first-order valence-electron chi connectivity index (χ1n) is 4.87. The SMILES string of the molecule is CC(C)(C(N)=O)S(=O)(=O)C[C@@H]1CCOC1. The smallest absolute Gasteiger partial charge is 0.238 e. The van der Waals surface area contributed by atoms with Crippen molar-refractivity contribution in [1.82, 2.24) is 0 Å². The quantitative estimate of drug-likeness (QED) is 0.725. The van der Waals surface area contributed by atoms with Crippen LogP contribution in [0.25, 0.3) is 0 Å². The van der Waals surface area contributed by atoms with Gasteiger partial charge in [-0.2, -0.15) is 0 Å². The number of primary amides is 1.